The van der Waals surface area contributed by atoms with Crippen LogP contribution in [0.3, 0.4) is 0 Å². The molecular formula is C36H37O18+. The minimum atomic E-state index is -1.91. The Bertz CT molecular complexity index is 1980. The van der Waals surface area contributed by atoms with Crippen LogP contribution in [0.15, 0.2) is 71.2 Å². The third-order valence-corrected chi connectivity index (χ3v) is 8.74. The predicted molar refractivity (Wildman–Crippen MR) is 181 cm³/mol. The quantitative estimate of drug-likeness (QED) is 0.0433. The highest BCUT2D eigenvalue weighted by molar-refractivity contribution is 5.89. The van der Waals surface area contributed by atoms with Gasteiger partial charge in [-0.25, -0.2) is 9.21 Å². The summed E-state index contributed by atoms with van der Waals surface area (Å²) < 4.78 is 34.2. The maximum atomic E-state index is 12.4. The van der Waals surface area contributed by atoms with Gasteiger partial charge in [-0.3, -0.25) is 0 Å². The molecule has 2 aliphatic rings. The van der Waals surface area contributed by atoms with Crippen LogP contribution in [0.25, 0.3) is 28.4 Å². The number of esters is 1. The zero-order valence-electron chi connectivity index (χ0n) is 27.9. The summed E-state index contributed by atoms with van der Waals surface area (Å²) in [6, 6.07) is 13.0. The highest BCUT2D eigenvalue weighted by atomic mass is 16.7. The van der Waals surface area contributed by atoms with E-state index in [1.807, 2.05) is 0 Å². The molecule has 4 aromatic rings. The van der Waals surface area contributed by atoms with Crippen molar-refractivity contribution < 1.29 is 89.1 Å². The number of phenols is 4. The Labute approximate surface area is 304 Å². The molecule has 2 saturated heterocycles. The number of benzene rings is 3. The fourth-order valence-electron chi connectivity index (χ4n) is 5.75. The number of aliphatic hydroxyl groups excluding tert-OH is 7. The van der Waals surface area contributed by atoms with Crippen LogP contribution in [-0.4, -0.2) is 137 Å². The molecule has 0 aliphatic carbocycles. The van der Waals surface area contributed by atoms with Gasteiger partial charge >= 0.3 is 17.3 Å². The highest BCUT2D eigenvalue weighted by Crippen LogP contribution is 2.43. The number of ether oxygens (including phenoxy) is 5. The van der Waals surface area contributed by atoms with E-state index < -0.39 is 97.8 Å². The summed E-state index contributed by atoms with van der Waals surface area (Å²) in [4.78, 5) is 12.4. The van der Waals surface area contributed by atoms with Crippen molar-refractivity contribution >= 4 is 23.0 Å². The number of carbonyl (C=O) groups excluding carboxylic acids is 1. The second-order valence-corrected chi connectivity index (χ2v) is 12.5. The first-order chi connectivity index (χ1) is 25.7. The summed E-state index contributed by atoms with van der Waals surface area (Å²) in [6.45, 7) is -1.36. The lowest BCUT2D eigenvalue weighted by Crippen LogP contribution is -2.60. The summed E-state index contributed by atoms with van der Waals surface area (Å²) in [5.74, 6) is -3.00. The number of carbonyl (C=O) groups is 1. The number of rotatable bonds is 10. The van der Waals surface area contributed by atoms with Crippen molar-refractivity contribution in [2.75, 3.05) is 13.2 Å². The zero-order valence-corrected chi connectivity index (χ0v) is 27.9. The third-order valence-electron chi connectivity index (χ3n) is 8.74. The zero-order chi connectivity index (χ0) is 38.8. The normalized spacial score (nSPS) is 28.6. The number of hydrogen-bond donors (Lipinski definition) is 11. The maximum Gasteiger partial charge on any atom is 0.402 e. The largest absolute Gasteiger partial charge is 0.508 e. The van der Waals surface area contributed by atoms with E-state index in [1.54, 1.807) is 12.1 Å². The Morgan fingerprint density at radius 3 is 1.96 bits per heavy atom. The van der Waals surface area contributed by atoms with Gasteiger partial charge in [-0.15, -0.1) is 0 Å². The fraction of sp³-hybridized carbons (Fsp3) is 0.333. The van der Waals surface area contributed by atoms with Gasteiger partial charge in [-0.2, -0.15) is 0 Å². The summed E-state index contributed by atoms with van der Waals surface area (Å²) in [5.41, 5.74) is 0.551. The average Bonchev–Trinajstić information content (AvgIpc) is 3.15. The van der Waals surface area contributed by atoms with E-state index in [1.165, 1.54) is 30.3 Å². The van der Waals surface area contributed by atoms with Crippen LogP contribution in [0.1, 0.15) is 5.56 Å². The van der Waals surface area contributed by atoms with E-state index in [0.717, 1.165) is 30.3 Å². The first-order valence-corrected chi connectivity index (χ1v) is 16.4. The van der Waals surface area contributed by atoms with E-state index >= 15 is 0 Å². The molecule has 0 amide bonds. The molecule has 11 N–H and O–H groups in total. The van der Waals surface area contributed by atoms with Crippen molar-refractivity contribution in [1.29, 1.82) is 0 Å². The molecule has 0 spiro atoms. The van der Waals surface area contributed by atoms with Gasteiger partial charge in [-0.1, -0.05) is 12.1 Å². The SMILES string of the molecule is O=C(/C=C/c1ccc(O)cc1)OCC1OC(Oc2cc3c(OC4OC(CO)C(O)C(O)C4O)cc(O)cc3[o+]c2-c2ccc(O)c(O)c2)C(O)C(O)C1O. The molecular weight excluding hydrogens is 720 g/mol. The number of aliphatic hydroxyl groups is 7. The summed E-state index contributed by atoms with van der Waals surface area (Å²) >= 11 is 0. The Kier molecular flexibility index (Phi) is 11.4. The first kappa shape index (κ1) is 38.4. The van der Waals surface area contributed by atoms with Crippen molar-refractivity contribution in [3.8, 4) is 45.8 Å². The van der Waals surface area contributed by atoms with Crippen molar-refractivity contribution in [3.05, 3.63) is 72.3 Å². The Morgan fingerprint density at radius 2 is 1.31 bits per heavy atom. The van der Waals surface area contributed by atoms with Crippen LogP contribution in [0.5, 0.6) is 34.5 Å². The lowest BCUT2D eigenvalue weighted by molar-refractivity contribution is -0.278. The van der Waals surface area contributed by atoms with Gasteiger partial charge in [-0.05, 0) is 35.9 Å². The molecule has 0 bridgehead atoms. The molecule has 0 radical (unpaired) electrons. The van der Waals surface area contributed by atoms with Gasteiger partial charge in [0, 0.05) is 24.3 Å². The molecule has 10 unspecified atom stereocenters. The molecule has 3 aromatic carbocycles. The molecule has 18 heteroatoms. The molecule has 2 fully saturated rings. The van der Waals surface area contributed by atoms with Gasteiger partial charge in [0.05, 0.1) is 18.2 Å². The molecule has 6 rings (SSSR count). The minimum Gasteiger partial charge on any atom is -0.508 e. The second kappa shape index (κ2) is 16.0. The van der Waals surface area contributed by atoms with Crippen molar-refractivity contribution in [2.45, 2.75) is 61.4 Å². The van der Waals surface area contributed by atoms with Crippen LogP contribution >= 0.6 is 0 Å². The van der Waals surface area contributed by atoms with E-state index in [4.69, 9.17) is 28.1 Å². The number of fused-ring (bicyclic) bond motifs is 1. The molecule has 18 nitrogen and oxygen atoms in total. The number of aromatic hydroxyl groups is 4. The van der Waals surface area contributed by atoms with Gasteiger partial charge in [0.25, 0.3) is 0 Å². The van der Waals surface area contributed by atoms with Gasteiger partial charge in [0.2, 0.25) is 18.3 Å². The van der Waals surface area contributed by atoms with Crippen LogP contribution in [0, 0.1) is 0 Å². The minimum absolute atomic E-state index is 0.00305. The Hall–Kier alpha value is -5.28. The van der Waals surface area contributed by atoms with E-state index in [-0.39, 0.29) is 39.5 Å². The topological polar surface area (TPSA) is 297 Å². The summed E-state index contributed by atoms with van der Waals surface area (Å²) in [7, 11) is 0. The van der Waals surface area contributed by atoms with E-state index in [0.29, 0.717) is 5.56 Å². The monoisotopic (exact) mass is 757 g/mol. The molecule has 10 atom stereocenters. The molecule has 288 valence electrons. The standard InChI is InChI=1S/C36H36O18/c37-13-25-28(43)30(45)32(47)35(53-25)51-23-11-18(39)10-22-19(23)12-24(34(50-22)16-4-7-20(40)21(41)9-16)52-36-33(48)31(46)29(44)26(54-36)14-49-27(42)8-3-15-1-5-17(38)6-2-15/h1-12,25-26,28-33,35-37,43-48H,13-14H2,(H3-,38,39,40,41,42)/p+1. The highest BCUT2D eigenvalue weighted by Gasteiger charge is 2.47. The number of hydrogen-bond acceptors (Lipinski definition) is 17. The Morgan fingerprint density at radius 1 is 0.685 bits per heavy atom. The molecule has 3 heterocycles. The van der Waals surface area contributed by atoms with Crippen LogP contribution in [-0.2, 0) is 19.0 Å². The molecule has 54 heavy (non-hydrogen) atoms. The lowest BCUT2D eigenvalue weighted by atomic mass is 9.99. The molecule has 1 aromatic heterocycles. The molecule has 0 saturated carbocycles. The summed E-state index contributed by atoms with van der Waals surface area (Å²) in [6.07, 6.45) is -14.6. The van der Waals surface area contributed by atoms with Gasteiger partial charge in [0.15, 0.2) is 11.5 Å². The molecule has 2 aliphatic heterocycles. The van der Waals surface area contributed by atoms with Crippen LogP contribution in [0.4, 0.5) is 0 Å². The van der Waals surface area contributed by atoms with E-state index in [9.17, 15) is 61.0 Å². The predicted octanol–water partition coefficient (Wildman–Crippen LogP) is -0.175. The fourth-order valence-corrected chi connectivity index (χ4v) is 5.75. The first-order valence-electron chi connectivity index (χ1n) is 16.4. The van der Waals surface area contributed by atoms with Gasteiger partial charge in [0.1, 0.15) is 78.1 Å². The van der Waals surface area contributed by atoms with Crippen LogP contribution in [0.2, 0.25) is 0 Å². The number of phenolic OH excluding ortho intramolecular Hbond substituents is 4. The second-order valence-electron chi connectivity index (χ2n) is 12.5. The average molecular weight is 758 g/mol. The smallest absolute Gasteiger partial charge is 0.402 e. The third kappa shape index (κ3) is 8.11. The van der Waals surface area contributed by atoms with Crippen molar-refractivity contribution in [2.24, 2.45) is 0 Å². The van der Waals surface area contributed by atoms with Crippen molar-refractivity contribution in [3.63, 3.8) is 0 Å². The van der Waals surface area contributed by atoms with E-state index in [2.05, 4.69) is 0 Å². The summed E-state index contributed by atoms with van der Waals surface area (Å²) in [5, 5.41) is 113. The van der Waals surface area contributed by atoms with Gasteiger partial charge < -0.3 is 79.9 Å². The Balaban J connectivity index is 1.31. The lowest BCUT2D eigenvalue weighted by Gasteiger charge is -2.39. The van der Waals surface area contributed by atoms with Crippen molar-refractivity contribution in [1.82, 2.24) is 0 Å². The maximum absolute atomic E-state index is 12.4. The van der Waals surface area contributed by atoms with Crippen LogP contribution < -0.4 is 9.47 Å².